The van der Waals surface area contributed by atoms with Gasteiger partial charge in [-0.2, -0.15) is 0 Å². The fraction of sp³-hybridized carbons (Fsp3) is 0.182. The maximum absolute atomic E-state index is 13.2. The van der Waals surface area contributed by atoms with Crippen molar-refractivity contribution in [2.24, 2.45) is 0 Å². The van der Waals surface area contributed by atoms with Crippen molar-refractivity contribution < 1.29 is 9.18 Å². The quantitative estimate of drug-likeness (QED) is 0.829. The Kier molecular flexibility index (Phi) is 2.95. The second-order valence-corrected chi connectivity index (χ2v) is 4.96. The number of hydrogen-bond donors (Lipinski definition) is 1. The summed E-state index contributed by atoms with van der Waals surface area (Å²) in [5, 5.41) is 3.35. The van der Waals surface area contributed by atoms with E-state index < -0.39 is 5.82 Å². The standard InChI is InChI=1S/C11H9ClFNOS/c1-5-11(6(2)15)16-9-4-7(13)3-8(12)10(9)14-5/h3-4,14H,1-2H3. The Morgan fingerprint density at radius 3 is 2.81 bits per heavy atom. The number of halogens is 2. The number of Topliss-reactive ketones (excluding diaryl/α,β-unsaturated/α-hetero) is 1. The number of carbonyl (C=O) groups excluding carboxylic acids is 1. The summed E-state index contributed by atoms with van der Waals surface area (Å²) in [7, 11) is 0. The molecule has 5 heteroatoms. The number of anilines is 1. The summed E-state index contributed by atoms with van der Waals surface area (Å²) < 4.78 is 13.2. The summed E-state index contributed by atoms with van der Waals surface area (Å²) in [6.45, 7) is 3.28. The number of hydrogen-bond acceptors (Lipinski definition) is 3. The zero-order chi connectivity index (χ0) is 11.9. The Labute approximate surface area is 102 Å². The molecule has 0 unspecified atom stereocenters. The molecule has 0 bridgehead atoms. The maximum Gasteiger partial charge on any atom is 0.168 e. The van der Waals surface area contributed by atoms with Gasteiger partial charge in [-0.1, -0.05) is 23.4 Å². The van der Waals surface area contributed by atoms with Gasteiger partial charge in [0.1, 0.15) is 5.82 Å². The highest BCUT2D eigenvalue weighted by atomic mass is 35.5. The van der Waals surface area contributed by atoms with Crippen LogP contribution >= 0.6 is 23.4 Å². The average molecular weight is 258 g/mol. The molecule has 84 valence electrons. The summed E-state index contributed by atoms with van der Waals surface area (Å²) >= 11 is 7.16. The van der Waals surface area contributed by atoms with Crippen molar-refractivity contribution in [2.45, 2.75) is 18.7 Å². The minimum atomic E-state index is -0.402. The number of carbonyl (C=O) groups is 1. The van der Waals surface area contributed by atoms with Gasteiger partial charge in [0.2, 0.25) is 0 Å². The molecule has 2 rings (SSSR count). The lowest BCUT2D eigenvalue weighted by atomic mass is 10.2. The predicted octanol–water partition coefficient (Wildman–Crippen LogP) is 3.82. The second-order valence-electron chi connectivity index (χ2n) is 3.50. The van der Waals surface area contributed by atoms with E-state index in [1.54, 1.807) is 6.92 Å². The van der Waals surface area contributed by atoms with Crippen LogP contribution in [-0.2, 0) is 4.79 Å². The molecule has 0 saturated heterocycles. The lowest BCUT2D eigenvalue weighted by molar-refractivity contribution is -0.113. The Hall–Kier alpha value is -1.00. The van der Waals surface area contributed by atoms with Gasteiger partial charge < -0.3 is 5.32 Å². The minimum Gasteiger partial charge on any atom is -0.356 e. The third kappa shape index (κ3) is 1.95. The highest BCUT2D eigenvalue weighted by Crippen LogP contribution is 2.43. The number of ketones is 1. The second kappa shape index (κ2) is 4.11. The molecule has 16 heavy (non-hydrogen) atoms. The molecule has 0 saturated carbocycles. The molecule has 0 aromatic heterocycles. The molecule has 1 aliphatic heterocycles. The predicted molar refractivity (Wildman–Crippen MR) is 64.3 cm³/mol. The molecule has 0 fully saturated rings. The van der Waals surface area contributed by atoms with E-state index >= 15 is 0 Å². The SMILES string of the molecule is CC(=O)C1=C(C)Nc2c(Cl)cc(F)cc2S1. The molecule has 0 amide bonds. The van der Waals surface area contributed by atoms with Crippen LogP contribution < -0.4 is 5.32 Å². The first kappa shape index (κ1) is 11.5. The van der Waals surface area contributed by atoms with Crippen molar-refractivity contribution in [3.05, 3.63) is 33.6 Å². The van der Waals surface area contributed by atoms with Gasteiger partial charge in [0, 0.05) is 10.6 Å². The fourth-order valence-corrected chi connectivity index (χ4v) is 2.83. The number of benzene rings is 1. The lowest BCUT2D eigenvalue weighted by Crippen LogP contribution is -2.10. The van der Waals surface area contributed by atoms with Gasteiger partial charge in [-0.15, -0.1) is 0 Å². The Morgan fingerprint density at radius 2 is 2.19 bits per heavy atom. The van der Waals surface area contributed by atoms with Crippen molar-refractivity contribution >= 4 is 34.8 Å². The van der Waals surface area contributed by atoms with Crippen LogP contribution in [0.1, 0.15) is 13.8 Å². The molecule has 0 atom stereocenters. The van der Waals surface area contributed by atoms with Crippen molar-refractivity contribution in [1.82, 2.24) is 0 Å². The minimum absolute atomic E-state index is 0.0407. The van der Waals surface area contributed by atoms with Gasteiger partial charge in [-0.25, -0.2) is 4.39 Å². The largest absolute Gasteiger partial charge is 0.356 e. The van der Waals surface area contributed by atoms with Crippen LogP contribution in [0.25, 0.3) is 0 Å². The number of fused-ring (bicyclic) bond motifs is 1. The number of thioether (sulfide) groups is 1. The van der Waals surface area contributed by atoms with Gasteiger partial charge in [-0.05, 0) is 26.0 Å². The van der Waals surface area contributed by atoms with E-state index in [9.17, 15) is 9.18 Å². The molecule has 1 heterocycles. The van der Waals surface area contributed by atoms with Crippen LogP contribution in [0.15, 0.2) is 27.6 Å². The van der Waals surface area contributed by atoms with Gasteiger partial charge in [0.25, 0.3) is 0 Å². The smallest absolute Gasteiger partial charge is 0.168 e. The first-order valence-electron chi connectivity index (χ1n) is 4.65. The van der Waals surface area contributed by atoms with E-state index in [2.05, 4.69) is 5.32 Å². The van der Waals surface area contributed by atoms with E-state index in [1.807, 2.05) is 0 Å². The van der Waals surface area contributed by atoms with Crippen molar-refractivity contribution in [2.75, 3.05) is 5.32 Å². The monoisotopic (exact) mass is 257 g/mol. The molecule has 0 aliphatic carbocycles. The maximum atomic E-state index is 13.2. The average Bonchev–Trinajstić information content (AvgIpc) is 2.18. The molecule has 1 aromatic rings. The van der Waals surface area contributed by atoms with Crippen LogP contribution in [0.3, 0.4) is 0 Å². The number of allylic oxidation sites excluding steroid dienone is 2. The first-order valence-corrected chi connectivity index (χ1v) is 5.84. The van der Waals surface area contributed by atoms with Crippen LogP contribution in [0.5, 0.6) is 0 Å². The lowest BCUT2D eigenvalue weighted by Gasteiger charge is -2.21. The van der Waals surface area contributed by atoms with Crippen LogP contribution in [0, 0.1) is 5.82 Å². The zero-order valence-electron chi connectivity index (χ0n) is 8.73. The molecule has 1 aromatic carbocycles. The van der Waals surface area contributed by atoms with Gasteiger partial charge >= 0.3 is 0 Å². The normalized spacial score (nSPS) is 14.5. The van der Waals surface area contributed by atoms with Crippen molar-refractivity contribution in [3.63, 3.8) is 0 Å². The number of nitrogens with one attached hydrogen (secondary N) is 1. The van der Waals surface area contributed by atoms with Gasteiger partial charge in [0.05, 0.1) is 15.6 Å². The molecular formula is C11H9ClFNOS. The molecule has 2 nitrogen and oxygen atoms in total. The third-order valence-electron chi connectivity index (χ3n) is 2.20. The Morgan fingerprint density at radius 1 is 1.50 bits per heavy atom. The summed E-state index contributed by atoms with van der Waals surface area (Å²) in [4.78, 5) is 12.6. The summed E-state index contributed by atoms with van der Waals surface area (Å²) in [6.07, 6.45) is 0. The molecule has 0 radical (unpaired) electrons. The summed E-state index contributed by atoms with van der Waals surface area (Å²) in [6, 6.07) is 2.62. The zero-order valence-corrected chi connectivity index (χ0v) is 10.3. The van der Waals surface area contributed by atoms with Crippen LogP contribution in [0.2, 0.25) is 5.02 Å². The van der Waals surface area contributed by atoms with Crippen LogP contribution in [-0.4, -0.2) is 5.78 Å². The third-order valence-corrected chi connectivity index (χ3v) is 3.84. The van der Waals surface area contributed by atoms with E-state index in [0.717, 1.165) is 5.70 Å². The fourth-order valence-electron chi connectivity index (χ4n) is 1.52. The molecule has 0 spiro atoms. The van der Waals surface area contributed by atoms with E-state index in [-0.39, 0.29) is 5.78 Å². The van der Waals surface area contributed by atoms with Gasteiger partial charge in [-0.3, -0.25) is 4.79 Å². The van der Waals surface area contributed by atoms with E-state index in [1.165, 1.54) is 30.8 Å². The number of rotatable bonds is 1. The van der Waals surface area contributed by atoms with Crippen molar-refractivity contribution in [3.8, 4) is 0 Å². The van der Waals surface area contributed by atoms with Crippen LogP contribution in [0.4, 0.5) is 10.1 Å². The summed E-state index contributed by atoms with van der Waals surface area (Å²) in [5.41, 5.74) is 1.41. The Balaban J connectivity index is 2.51. The molecule has 1 N–H and O–H groups in total. The molecular weight excluding hydrogens is 249 g/mol. The first-order chi connectivity index (χ1) is 7.49. The molecule has 1 aliphatic rings. The highest BCUT2D eigenvalue weighted by molar-refractivity contribution is 8.04. The Bertz CT molecular complexity index is 513. The summed E-state index contributed by atoms with van der Waals surface area (Å²) in [5.74, 6) is -0.443. The van der Waals surface area contributed by atoms with E-state index in [4.69, 9.17) is 11.6 Å². The van der Waals surface area contributed by atoms with Gasteiger partial charge in [0.15, 0.2) is 5.78 Å². The van der Waals surface area contributed by atoms with Crippen molar-refractivity contribution in [1.29, 1.82) is 0 Å². The topological polar surface area (TPSA) is 29.1 Å². The van der Waals surface area contributed by atoms with E-state index in [0.29, 0.717) is 20.5 Å². The highest BCUT2D eigenvalue weighted by Gasteiger charge is 2.21.